The molecule has 0 unspecified atom stereocenters. The van der Waals surface area contributed by atoms with E-state index in [1.165, 1.54) is 0 Å². The number of rotatable bonds is 5. The summed E-state index contributed by atoms with van der Waals surface area (Å²) in [6.07, 6.45) is 0.864. The van der Waals surface area contributed by atoms with Gasteiger partial charge in [-0.1, -0.05) is 20.8 Å². The zero-order chi connectivity index (χ0) is 8.04. The molecule has 0 aromatic heterocycles. The van der Waals surface area contributed by atoms with Crippen LogP contribution < -0.4 is 4.98 Å². The summed E-state index contributed by atoms with van der Waals surface area (Å²) in [7, 11) is -1.34. The molecule has 0 saturated heterocycles. The van der Waals surface area contributed by atoms with Gasteiger partial charge in [-0.15, -0.1) is 0 Å². The van der Waals surface area contributed by atoms with E-state index in [-0.39, 0.29) is 0 Å². The molecule has 0 rings (SSSR count). The van der Waals surface area contributed by atoms with Gasteiger partial charge in [-0.2, -0.15) is 0 Å². The average molecular weight is 159 g/mol. The van der Waals surface area contributed by atoms with Crippen molar-refractivity contribution in [2.75, 3.05) is 0 Å². The smallest absolute Gasteiger partial charge is 0.199 e. The van der Waals surface area contributed by atoms with E-state index in [1.807, 2.05) is 0 Å². The third kappa shape index (κ3) is 2.14. The topological polar surface area (TPSA) is 29.1 Å². The molecule has 0 aliphatic rings. The average Bonchev–Trinajstić information content (AvgIpc) is 2.01. The Bertz CT molecular complexity index is 93.5. The molecule has 1 N–H and O–H groups in total. The molecule has 0 fully saturated rings. The Morgan fingerprint density at radius 3 is 1.70 bits per heavy atom. The number of amides is 1. The Hall–Kier alpha value is -0.313. The SMILES string of the molecule is CC[Si](CC)(CC)NC=O. The molecular formula is C7H17NOSi. The normalized spacial score (nSPS) is 11.1. The first-order chi connectivity index (χ1) is 4.74. The van der Waals surface area contributed by atoms with E-state index in [4.69, 9.17) is 0 Å². The molecule has 0 atom stereocenters. The lowest BCUT2D eigenvalue weighted by molar-refractivity contribution is -0.108. The van der Waals surface area contributed by atoms with Gasteiger partial charge in [-0.3, -0.25) is 4.79 Å². The van der Waals surface area contributed by atoms with Crippen LogP contribution in [-0.4, -0.2) is 14.6 Å². The fourth-order valence-electron chi connectivity index (χ4n) is 1.18. The predicted molar refractivity (Wildman–Crippen MR) is 46.4 cm³/mol. The zero-order valence-corrected chi connectivity index (χ0v) is 8.11. The van der Waals surface area contributed by atoms with Gasteiger partial charge in [0.15, 0.2) is 14.6 Å². The molecule has 3 heteroatoms. The van der Waals surface area contributed by atoms with Gasteiger partial charge in [0, 0.05) is 0 Å². The molecule has 60 valence electrons. The summed E-state index contributed by atoms with van der Waals surface area (Å²) in [5, 5.41) is 0. The van der Waals surface area contributed by atoms with Crippen LogP contribution in [0.5, 0.6) is 0 Å². The summed E-state index contributed by atoms with van der Waals surface area (Å²) in [6.45, 7) is 6.49. The molecule has 2 nitrogen and oxygen atoms in total. The van der Waals surface area contributed by atoms with Crippen LogP contribution in [0.2, 0.25) is 18.1 Å². The van der Waals surface area contributed by atoms with Gasteiger partial charge in [0.1, 0.15) is 0 Å². The van der Waals surface area contributed by atoms with Crippen molar-refractivity contribution in [2.24, 2.45) is 0 Å². The number of carbonyl (C=O) groups excluding carboxylic acids is 1. The molecule has 0 saturated carbocycles. The molecule has 0 aliphatic heterocycles. The highest BCUT2D eigenvalue weighted by molar-refractivity contribution is 6.78. The summed E-state index contributed by atoms with van der Waals surface area (Å²) >= 11 is 0. The highest BCUT2D eigenvalue weighted by Crippen LogP contribution is 2.15. The molecule has 0 heterocycles. The van der Waals surface area contributed by atoms with Crippen molar-refractivity contribution in [3.05, 3.63) is 0 Å². The van der Waals surface area contributed by atoms with Crippen LogP contribution in [0, 0.1) is 0 Å². The van der Waals surface area contributed by atoms with Crippen LogP contribution in [0.25, 0.3) is 0 Å². The summed E-state index contributed by atoms with van der Waals surface area (Å²) in [4.78, 5) is 13.2. The van der Waals surface area contributed by atoms with Crippen molar-refractivity contribution in [3.63, 3.8) is 0 Å². The third-order valence-electron chi connectivity index (χ3n) is 2.40. The highest BCUT2D eigenvalue weighted by Gasteiger charge is 2.25. The van der Waals surface area contributed by atoms with E-state index in [2.05, 4.69) is 25.8 Å². The monoisotopic (exact) mass is 159 g/mol. The van der Waals surface area contributed by atoms with Gasteiger partial charge in [-0.25, -0.2) is 0 Å². The van der Waals surface area contributed by atoms with Gasteiger partial charge < -0.3 is 4.98 Å². The fourth-order valence-corrected chi connectivity index (χ4v) is 3.54. The maximum Gasteiger partial charge on any atom is 0.199 e. The first kappa shape index (κ1) is 9.69. The molecule has 0 aromatic rings. The molecule has 0 aromatic carbocycles. The van der Waals surface area contributed by atoms with Crippen molar-refractivity contribution in [1.82, 2.24) is 4.98 Å². The summed E-state index contributed by atoms with van der Waals surface area (Å²) in [5.41, 5.74) is 0. The molecule has 0 radical (unpaired) electrons. The van der Waals surface area contributed by atoms with Crippen LogP contribution in [0.15, 0.2) is 0 Å². The molecule has 0 aliphatic carbocycles. The summed E-state index contributed by atoms with van der Waals surface area (Å²) < 4.78 is 0. The van der Waals surface area contributed by atoms with E-state index in [0.29, 0.717) is 0 Å². The number of nitrogens with one attached hydrogen (secondary N) is 1. The Balaban J connectivity index is 4.00. The van der Waals surface area contributed by atoms with Crippen LogP contribution in [0.1, 0.15) is 20.8 Å². The second kappa shape index (κ2) is 4.49. The predicted octanol–water partition coefficient (Wildman–Crippen LogP) is 1.74. The molecule has 1 amide bonds. The zero-order valence-electron chi connectivity index (χ0n) is 7.11. The minimum atomic E-state index is -1.34. The summed E-state index contributed by atoms with van der Waals surface area (Å²) in [6, 6.07) is 3.45. The van der Waals surface area contributed by atoms with E-state index < -0.39 is 8.24 Å². The van der Waals surface area contributed by atoms with E-state index in [1.54, 1.807) is 0 Å². The van der Waals surface area contributed by atoms with Crippen LogP contribution in [-0.2, 0) is 4.79 Å². The van der Waals surface area contributed by atoms with Crippen LogP contribution in [0.3, 0.4) is 0 Å². The highest BCUT2D eigenvalue weighted by atomic mass is 28.3. The number of carbonyl (C=O) groups is 1. The van der Waals surface area contributed by atoms with Crippen LogP contribution in [0.4, 0.5) is 0 Å². The Kier molecular flexibility index (Phi) is 4.35. The van der Waals surface area contributed by atoms with Crippen LogP contribution >= 0.6 is 0 Å². The van der Waals surface area contributed by atoms with Crippen molar-refractivity contribution in [3.8, 4) is 0 Å². The second-order valence-corrected chi connectivity index (χ2v) is 7.57. The van der Waals surface area contributed by atoms with Gasteiger partial charge in [0.25, 0.3) is 0 Å². The second-order valence-electron chi connectivity index (χ2n) is 2.60. The lowest BCUT2D eigenvalue weighted by atomic mass is 10.9. The van der Waals surface area contributed by atoms with Gasteiger partial charge in [0.05, 0.1) is 0 Å². The first-order valence-electron chi connectivity index (χ1n) is 3.96. The van der Waals surface area contributed by atoms with Crippen molar-refractivity contribution < 1.29 is 4.79 Å². The van der Waals surface area contributed by atoms with Gasteiger partial charge in [0.2, 0.25) is 0 Å². The minimum absolute atomic E-state index is 0.864. The number of hydrogen-bond donors (Lipinski definition) is 1. The molecule has 10 heavy (non-hydrogen) atoms. The van der Waals surface area contributed by atoms with Gasteiger partial charge >= 0.3 is 0 Å². The Labute approximate surface area is 64.1 Å². The molecule has 0 spiro atoms. The lowest BCUT2D eigenvalue weighted by Gasteiger charge is -2.26. The minimum Gasteiger partial charge on any atom is -0.384 e. The van der Waals surface area contributed by atoms with Gasteiger partial charge in [-0.05, 0) is 18.1 Å². The van der Waals surface area contributed by atoms with E-state index in [9.17, 15) is 4.79 Å². The van der Waals surface area contributed by atoms with Crippen molar-refractivity contribution in [1.29, 1.82) is 0 Å². The molecular weight excluding hydrogens is 142 g/mol. The van der Waals surface area contributed by atoms with E-state index >= 15 is 0 Å². The lowest BCUT2D eigenvalue weighted by Crippen LogP contribution is -2.47. The Morgan fingerprint density at radius 2 is 1.60 bits per heavy atom. The largest absolute Gasteiger partial charge is 0.384 e. The Morgan fingerprint density at radius 1 is 1.20 bits per heavy atom. The standard InChI is InChI=1S/C7H17NOSi/c1-4-10(5-2,6-3)8-7-9/h7H,4-6H2,1-3H3,(H,8,9). The first-order valence-corrected chi connectivity index (χ1v) is 6.58. The third-order valence-corrected chi connectivity index (χ3v) is 7.19. The number of hydrogen-bond acceptors (Lipinski definition) is 1. The maximum atomic E-state index is 10.2. The summed E-state index contributed by atoms with van der Waals surface area (Å²) in [5.74, 6) is 0. The quantitative estimate of drug-likeness (QED) is 0.480. The maximum absolute atomic E-state index is 10.2. The van der Waals surface area contributed by atoms with Crippen molar-refractivity contribution in [2.45, 2.75) is 38.9 Å². The fraction of sp³-hybridized carbons (Fsp3) is 0.857. The molecule has 0 bridgehead atoms. The van der Waals surface area contributed by atoms with Crippen molar-refractivity contribution >= 4 is 14.6 Å². The van der Waals surface area contributed by atoms with E-state index in [0.717, 1.165) is 24.5 Å².